The minimum atomic E-state index is -3.54. The smallest absolute Gasteiger partial charge is 0.251 e. The highest BCUT2D eigenvalue weighted by Gasteiger charge is 2.27. The van der Waals surface area contributed by atoms with E-state index in [0.717, 1.165) is 24.8 Å². The van der Waals surface area contributed by atoms with Gasteiger partial charge in [0.2, 0.25) is 20.0 Å². The van der Waals surface area contributed by atoms with Crippen LogP contribution in [0.2, 0.25) is 0 Å². The summed E-state index contributed by atoms with van der Waals surface area (Å²) in [7, 11) is -6.95. The molecule has 8 nitrogen and oxygen atoms in total. The zero-order valence-corrected chi connectivity index (χ0v) is 20.8. The first-order valence-electron chi connectivity index (χ1n) is 11.7. The predicted molar refractivity (Wildman–Crippen MR) is 130 cm³/mol. The maximum absolute atomic E-state index is 12.7. The van der Waals surface area contributed by atoms with Crippen molar-refractivity contribution in [2.24, 2.45) is 0 Å². The second-order valence-corrected chi connectivity index (χ2v) is 12.8. The molecule has 2 aromatic carbocycles. The maximum atomic E-state index is 12.7. The minimum Gasteiger partial charge on any atom is -0.352 e. The first kappa shape index (κ1) is 24.8. The summed E-state index contributed by atoms with van der Waals surface area (Å²) >= 11 is 0. The molecular weight excluding hydrogens is 474 g/mol. The van der Waals surface area contributed by atoms with Gasteiger partial charge < -0.3 is 5.32 Å². The van der Waals surface area contributed by atoms with E-state index in [1.807, 2.05) is 24.3 Å². The summed E-state index contributed by atoms with van der Waals surface area (Å²) in [5.41, 5.74) is 2.57. The molecule has 1 N–H and O–H groups in total. The molecule has 0 aromatic heterocycles. The van der Waals surface area contributed by atoms with E-state index >= 15 is 0 Å². The van der Waals surface area contributed by atoms with Crippen molar-refractivity contribution in [1.82, 2.24) is 13.9 Å². The second-order valence-electron chi connectivity index (χ2n) is 8.77. The molecule has 2 aromatic rings. The lowest BCUT2D eigenvalue weighted by Crippen LogP contribution is -2.38. The summed E-state index contributed by atoms with van der Waals surface area (Å²) in [4.78, 5) is 12.6. The SMILES string of the molecule is O=C(NCCCS(=O)(=O)N1CCc2ccccc2C1)c1ccc(S(=O)(=O)N2CCCCC2)cc1. The van der Waals surface area contributed by atoms with E-state index in [0.29, 0.717) is 44.6 Å². The molecule has 184 valence electrons. The van der Waals surface area contributed by atoms with Gasteiger partial charge in [-0.1, -0.05) is 30.7 Å². The van der Waals surface area contributed by atoms with Crippen LogP contribution in [0.3, 0.4) is 0 Å². The van der Waals surface area contributed by atoms with E-state index in [2.05, 4.69) is 5.32 Å². The van der Waals surface area contributed by atoms with Gasteiger partial charge in [-0.05, 0) is 61.1 Å². The Morgan fingerprint density at radius 2 is 1.50 bits per heavy atom. The molecule has 1 amide bonds. The highest BCUT2D eigenvalue weighted by molar-refractivity contribution is 7.89. The first-order chi connectivity index (χ1) is 16.3. The van der Waals surface area contributed by atoms with Crippen molar-refractivity contribution < 1.29 is 21.6 Å². The van der Waals surface area contributed by atoms with E-state index < -0.39 is 20.0 Å². The number of nitrogens with one attached hydrogen (secondary N) is 1. The predicted octanol–water partition coefficient (Wildman–Crippen LogP) is 2.37. The minimum absolute atomic E-state index is 0.0392. The zero-order valence-electron chi connectivity index (χ0n) is 19.1. The quantitative estimate of drug-likeness (QED) is 0.555. The average Bonchev–Trinajstić information content (AvgIpc) is 2.87. The van der Waals surface area contributed by atoms with Crippen molar-refractivity contribution in [3.63, 3.8) is 0 Å². The standard InChI is InChI=1S/C24H31N3O5S2/c28-24(21-9-11-23(12-10-21)34(31,32)26-15-4-1-5-16-26)25-14-6-18-33(29,30)27-17-13-20-7-2-3-8-22(20)19-27/h2-3,7-12H,1,4-6,13-19H2,(H,25,28). The Bertz CT molecular complexity index is 1220. The van der Waals surface area contributed by atoms with Crippen molar-refractivity contribution >= 4 is 26.0 Å². The van der Waals surface area contributed by atoms with Crippen molar-refractivity contribution in [2.45, 2.75) is 43.5 Å². The summed E-state index contributed by atoms with van der Waals surface area (Å²) in [5, 5.41) is 2.73. The third-order valence-corrected chi connectivity index (χ3v) is 10.2. The number of rotatable bonds is 8. The van der Waals surface area contributed by atoms with Gasteiger partial charge in [0.15, 0.2) is 0 Å². The summed E-state index contributed by atoms with van der Waals surface area (Å²) in [5.74, 6) is -0.395. The third kappa shape index (κ3) is 5.68. The molecule has 4 rings (SSSR count). The van der Waals surface area contributed by atoms with E-state index in [9.17, 15) is 21.6 Å². The number of piperidine rings is 1. The van der Waals surface area contributed by atoms with Gasteiger partial charge in [-0.2, -0.15) is 8.61 Å². The van der Waals surface area contributed by atoms with Crippen LogP contribution in [-0.4, -0.2) is 63.3 Å². The Balaban J connectivity index is 1.26. The monoisotopic (exact) mass is 505 g/mol. The highest BCUT2D eigenvalue weighted by atomic mass is 32.2. The molecule has 1 saturated heterocycles. The molecule has 1 fully saturated rings. The Morgan fingerprint density at radius 3 is 2.21 bits per heavy atom. The van der Waals surface area contributed by atoms with Crippen molar-refractivity contribution in [2.75, 3.05) is 31.9 Å². The lowest BCUT2D eigenvalue weighted by molar-refractivity contribution is 0.0953. The topological polar surface area (TPSA) is 104 Å². The number of sulfonamides is 2. The molecule has 2 aliphatic heterocycles. The van der Waals surface area contributed by atoms with E-state index in [1.165, 1.54) is 38.4 Å². The van der Waals surface area contributed by atoms with Gasteiger partial charge in [0.1, 0.15) is 0 Å². The van der Waals surface area contributed by atoms with Crippen LogP contribution < -0.4 is 5.32 Å². The third-order valence-electron chi connectivity index (χ3n) is 6.42. The van der Waals surface area contributed by atoms with Crippen molar-refractivity contribution in [3.8, 4) is 0 Å². The number of nitrogens with zero attached hydrogens (tertiary/aromatic N) is 2. The fourth-order valence-electron chi connectivity index (χ4n) is 4.43. The van der Waals surface area contributed by atoms with Crippen LogP contribution in [0, 0.1) is 0 Å². The molecule has 0 unspecified atom stereocenters. The number of amides is 1. The number of hydrogen-bond donors (Lipinski definition) is 1. The summed E-state index contributed by atoms with van der Waals surface area (Å²) < 4.78 is 53.9. The number of hydrogen-bond acceptors (Lipinski definition) is 5. The summed E-state index contributed by atoms with van der Waals surface area (Å²) in [6.07, 6.45) is 3.77. The lowest BCUT2D eigenvalue weighted by atomic mass is 10.0. The molecule has 0 atom stereocenters. The van der Waals surface area contributed by atoms with Crippen LogP contribution in [0.25, 0.3) is 0 Å². The van der Waals surface area contributed by atoms with E-state index in [-0.39, 0.29) is 23.1 Å². The Morgan fingerprint density at radius 1 is 0.824 bits per heavy atom. The molecule has 0 bridgehead atoms. The lowest BCUT2D eigenvalue weighted by Gasteiger charge is -2.28. The molecule has 0 spiro atoms. The number of fused-ring (bicyclic) bond motifs is 1. The van der Waals surface area contributed by atoms with Gasteiger partial charge in [-0.25, -0.2) is 16.8 Å². The highest BCUT2D eigenvalue weighted by Crippen LogP contribution is 2.22. The molecule has 0 aliphatic carbocycles. The van der Waals surface area contributed by atoms with Gasteiger partial charge in [-0.15, -0.1) is 0 Å². The van der Waals surface area contributed by atoms with Crippen LogP contribution in [0.15, 0.2) is 53.4 Å². The fraction of sp³-hybridized carbons (Fsp3) is 0.458. The van der Waals surface area contributed by atoms with Gasteiger partial charge in [0.25, 0.3) is 5.91 Å². The number of carbonyl (C=O) groups is 1. The van der Waals surface area contributed by atoms with Crippen molar-refractivity contribution in [1.29, 1.82) is 0 Å². The number of benzene rings is 2. The zero-order chi connectivity index (χ0) is 24.2. The summed E-state index contributed by atoms with van der Waals surface area (Å²) in [6.45, 7) is 2.13. The summed E-state index contributed by atoms with van der Waals surface area (Å²) in [6, 6.07) is 13.8. The van der Waals surface area contributed by atoms with Gasteiger partial charge in [-0.3, -0.25) is 4.79 Å². The van der Waals surface area contributed by atoms with Gasteiger partial charge >= 0.3 is 0 Å². The molecule has 2 aliphatic rings. The average molecular weight is 506 g/mol. The Kier molecular flexibility index (Phi) is 7.71. The molecule has 34 heavy (non-hydrogen) atoms. The molecule has 2 heterocycles. The molecule has 10 heteroatoms. The van der Waals surface area contributed by atoms with Gasteiger partial charge in [0, 0.05) is 38.3 Å². The molecule has 0 radical (unpaired) electrons. The van der Waals surface area contributed by atoms with Crippen LogP contribution >= 0.6 is 0 Å². The van der Waals surface area contributed by atoms with Crippen LogP contribution in [0.1, 0.15) is 47.2 Å². The Labute approximate surface area is 202 Å². The van der Waals surface area contributed by atoms with Gasteiger partial charge in [0.05, 0.1) is 10.6 Å². The normalized spacial score (nSPS) is 17.8. The fourth-order valence-corrected chi connectivity index (χ4v) is 7.42. The first-order valence-corrected chi connectivity index (χ1v) is 14.8. The van der Waals surface area contributed by atoms with Crippen LogP contribution in [-0.2, 0) is 33.0 Å². The molecular formula is C24H31N3O5S2. The Hall–Kier alpha value is -2.27. The number of carbonyl (C=O) groups excluding carboxylic acids is 1. The van der Waals surface area contributed by atoms with E-state index in [4.69, 9.17) is 0 Å². The second kappa shape index (κ2) is 10.6. The van der Waals surface area contributed by atoms with Crippen molar-refractivity contribution in [3.05, 3.63) is 65.2 Å². The van der Waals surface area contributed by atoms with E-state index in [1.54, 1.807) is 0 Å². The molecule has 0 saturated carbocycles. The largest absolute Gasteiger partial charge is 0.352 e. The van der Waals surface area contributed by atoms with Crippen LogP contribution in [0.4, 0.5) is 0 Å². The van der Waals surface area contributed by atoms with Crippen LogP contribution in [0.5, 0.6) is 0 Å². The maximum Gasteiger partial charge on any atom is 0.251 e.